The largest absolute Gasteiger partial charge is 0.339 e. The van der Waals surface area contributed by atoms with Crippen molar-refractivity contribution in [1.29, 1.82) is 0 Å². The molecular formula is C24H26Cl2N2OSi. The van der Waals surface area contributed by atoms with Crippen molar-refractivity contribution in [2.75, 3.05) is 13.1 Å². The number of carbonyl (C=O) groups excluding carboxylic acids is 1. The molecule has 2 heterocycles. The molecule has 0 atom stereocenters. The second-order valence-corrected chi connectivity index (χ2v) is 15.0. The van der Waals surface area contributed by atoms with E-state index in [0.717, 1.165) is 41.3 Å². The molecule has 1 aromatic heterocycles. The molecule has 0 N–H and O–H groups in total. The maximum atomic E-state index is 13.5. The third-order valence-corrected chi connectivity index (χ3v) is 9.76. The van der Waals surface area contributed by atoms with E-state index in [4.69, 9.17) is 23.2 Å². The van der Waals surface area contributed by atoms with Crippen molar-refractivity contribution in [3.05, 3.63) is 75.9 Å². The lowest BCUT2D eigenvalue weighted by atomic mass is 10.1. The van der Waals surface area contributed by atoms with Gasteiger partial charge in [0.2, 0.25) is 0 Å². The van der Waals surface area contributed by atoms with Crippen LogP contribution in [0.1, 0.15) is 16.1 Å². The number of benzene rings is 2. The molecule has 2 aromatic carbocycles. The van der Waals surface area contributed by atoms with Crippen molar-refractivity contribution in [3.8, 4) is 16.9 Å². The van der Waals surface area contributed by atoms with Crippen LogP contribution in [0.4, 0.5) is 0 Å². The lowest BCUT2D eigenvalue weighted by molar-refractivity contribution is 0.0764. The smallest absolute Gasteiger partial charge is 0.255 e. The van der Waals surface area contributed by atoms with Gasteiger partial charge in [-0.1, -0.05) is 48.4 Å². The monoisotopic (exact) mass is 456 g/mol. The molecule has 0 unspecified atom stereocenters. The molecule has 1 saturated heterocycles. The Morgan fingerprint density at radius 1 is 0.900 bits per heavy atom. The number of hydrogen-bond donors (Lipinski definition) is 0. The number of nitrogens with zero attached hydrogens (tertiary/aromatic N) is 2. The van der Waals surface area contributed by atoms with Crippen molar-refractivity contribution < 1.29 is 4.79 Å². The average Bonchev–Trinajstić information content (AvgIpc) is 3.06. The summed E-state index contributed by atoms with van der Waals surface area (Å²) in [5, 5.41) is 1.38. The molecule has 1 aliphatic rings. The van der Waals surface area contributed by atoms with E-state index < -0.39 is 8.07 Å². The van der Waals surface area contributed by atoms with Crippen LogP contribution in [0, 0.1) is 6.92 Å². The fourth-order valence-corrected chi connectivity index (χ4v) is 6.32. The third kappa shape index (κ3) is 4.22. The Balaban J connectivity index is 1.79. The van der Waals surface area contributed by atoms with Gasteiger partial charge in [-0.05, 0) is 67.0 Å². The van der Waals surface area contributed by atoms with Gasteiger partial charge in [-0.25, -0.2) is 0 Å². The Kier molecular flexibility index (Phi) is 5.84. The summed E-state index contributed by atoms with van der Waals surface area (Å²) in [6, 6.07) is 19.8. The molecule has 0 saturated carbocycles. The maximum Gasteiger partial charge on any atom is 0.255 e. The van der Waals surface area contributed by atoms with Crippen LogP contribution in [0.2, 0.25) is 35.2 Å². The van der Waals surface area contributed by atoms with Crippen molar-refractivity contribution in [2.45, 2.75) is 32.1 Å². The van der Waals surface area contributed by atoms with Crippen molar-refractivity contribution in [2.24, 2.45) is 0 Å². The average molecular weight is 457 g/mol. The van der Waals surface area contributed by atoms with Gasteiger partial charge < -0.3 is 9.47 Å². The first kappa shape index (κ1) is 21.2. The van der Waals surface area contributed by atoms with Crippen LogP contribution in [-0.2, 0) is 0 Å². The molecule has 0 radical (unpaired) electrons. The Morgan fingerprint density at radius 3 is 2.00 bits per heavy atom. The third-order valence-electron chi connectivity index (χ3n) is 6.11. The van der Waals surface area contributed by atoms with Gasteiger partial charge >= 0.3 is 0 Å². The summed E-state index contributed by atoms with van der Waals surface area (Å²) in [6.45, 7) is 8.56. The predicted molar refractivity (Wildman–Crippen MR) is 129 cm³/mol. The quantitative estimate of drug-likeness (QED) is 0.392. The Hall–Kier alpha value is -2.01. The summed E-state index contributed by atoms with van der Waals surface area (Å²) in [7, 11) is -1.14. The zero-order chi connectivity index (χ0) is 21.5. The van der Waals surface area contributed by atoms with Crippen LogP contribution in [0.5, 0.6) is 0 Å². The highest BCUT2D eigenvalue weighted by Gasteiger charge is 2.31. The topological polar surface area (TPSA) is 25.2 Å². The molecule has 1 fully saturated rings. The summed E-state index contributed by atoms with van der Waals surface area (Å²) >= 11 is 12.2. The number of hydrogen-bond acceptors (Lipinski definition) is 1. The minimum Gasteiger partial charge on any atom is -0.339 e. The van der Waals surface area contributed by atoms with E-state index in [1.165, 1.54) is 12.1 Å². The van der Waals surface area contributed by atoms with E-state index in [1.807, 2.05) is 66.4 Å². The summed E-state index contributed by atoms with van der Waals surface area (Å²) < 4.78 is 2.13. The highest BCUT2D eigenvalue weighted by atomic mass is 35.5. The highest BCUT2D eigenvalue weighted by molar-refractivity contribution is 6.77. The van der Waals surface area contributed by atoms with E-state index in [0.29, 0.717) is 10.0 Å². The SMILES string of the molecule is Cc1c(C(=O)N2CC[Si](C)(C)CC2)cc(-c2ccc(Cl)cc2)n1-c1ccc(Cl)cc1. The van der Waals surface area contributed by atoms with Gasteiger partial charge in [0, 0.05) is 34.5 Å². The van der Waals surface area contributed by atoms with Gasteiger partial charge in [0.1, 0.15) is 0 Å². The standard InChI is InChI=1S/C24H26Cl2N2OSi/c1-17-22(24(29)27-12-14-30(2,3)15-13-27)16-23(18-4-6-19(25)7-5-18)28(17)21-10-8-20(26)9-11-21/h4-11,16H,12-15H2,1-3H3. The van der Waals surface area contributed by atoms with Crippen LogP contribution in [-0.4, -0.2) is 36.5 Å². The van der Waals surface area contributed by atoms with Gasteiger partial charge in [-0.3, -0.25) is 4.79 Å². The van der Waals surface area contributed by atoms with Gasteiger partial charge in [0.25, 0.3) is 5.91 Å². The highest BCUT2D eigenvalue weighted by Crippen LogP contribution is 2.32. The number of halogens is 2. The first-order valence-electron chi connectivity index (χ1n) is 10.3. The van der Waals surface area contributed by atoms with E-state index in [1.54, 1.807) is 0 Å². The fourth-order valence-electron chi connectivity index (χ4n) is 4.06. The molecule has 6 heteroatoms. The number of rotatable bonds is 3. The fraction of sp³-hybridized carbons (Fsp3) is 0.292. The first-order valence-corrected chi connectivity index (χ1v) is 14.5. The molecule has 3 aromatic rings. The van der Waals surface area contributed by atoms with Crippen LogP contribution in [0.25, 0.3) is 16.9 Å². The normalized spacial score (nSPS) is 16.0. The lowest BCUT2D eigenvalue weighted by Gasteiger charge is -2.35. The summed E-state index contributed by atoms with van der Waals surface area (Å²) in [5.41, 5.74) is 4.67. The molecule has 3 nitrogen and oxygen atoms in total. The lowest BCUT2D eigenvalue weighted by Crippen LogP contribution is -2.45. The summed E-state index contributed by atoms with van der Waals surface area (Å²) in [6.07, 6.45) is 0. The second kappa shape index (κ2) is 8.25. The van der Waals surface area contributed by atoms with Crippen LogP contribution < -0.4 is 0 Å². The summed E-state index contributed by atoms with van der Waals surface area (Å²) in [5.74, 6) is 0.125. The van der Waals surface area contributed by atoms with Crippen molar-refractivity contribution in [1.82, 2.24) is 9.47 Å². The minimum atomic E-state index is -1.14. The zero-order valence-corrected chi connectivity index (χ0v) is 20.1. The van der Waals surface area contributed by atoms with E-state index in [9.17, 15) is 4.79 Å². The molecule has 0 aliphatic carbocycles. The number of aromatic nitrogens is 1. The van der Waals surface area contributed by atoms with Crippen LogP contribution in [0.3, 0.4) is 0 Å². The van der Waals surface area contributed by atoms with E-state index >= 15 is 0 Å². The van der Waals surface area contributed by atoms with E-state index in [-0.39, 0.29) is 5.91 Å². The first-order chi connectivity index (χ1) is 14.2. The molecule has 156 valence electrons. The van der Waals surface area contributed by atoms with Gasteiger partial charge in [0.05, 0.1) is 19.3 Å². The number of amides is 1. The number of carbonyl (C=O) groups is 1. The molecule has 0 bridgehead atoms. The molecule has 1 aliphatic heterocycles. The molecule has 30 heavy (non-hydrogen) atoms. The van der Waals surface area contributed by atoms with Gasteiger partial charge in [0.15, 0.2) is 0 Å². The molecule has 1 amide bonds. The van der Waals surface area contributed by atoms with E-state index in [2.05, 4.69) is 17.7 Å². The molecule has 0 spiro atoms. The van der Waals surface area contributed by atoms with Crippen LogP contribution >= 0.6 is 23.2 Å². The predicted octanol–water partition coefficient (Wildman–Crippen LogP) is 6.92. The second-order valence-electron chi connectivity index (χ2n) is 8.80. The van der Waals surface area contributed by atoms with Gasteiger partial charge in [-0.15, -0.1) is 0 Å². The van der Waals surface area contributed by atoms with Crippen LogP contribution in [0.15, 0.2) is 54.6 Å². The van der Waals surface area contributed by atoms with Crippen molar-refractivity contribution in [3.63, 3.8) is 0 Å². The molecule has 4 rings (SSSR count). The molecular weight excluding hydrogens is 431 g/mol. The maximum absolute atomic E-state index is 13.5. The Labute approximate surface area is 189 Å². The van der Waals surface area contributed by atoms with Crippen molar-refractivity contribution >= 4 is 37.2 Å². The Morgan fingerprint density at radius 2 is 1.43 bits per heavy atom. The summed E-state index contributed by atoms with van der Waals surface area (Å²) in [4.78, 5) is 15.5. The zero-order valence-electron chi connectivity index (χ0n) is 17.6. The minimum absolute atomic E-state index is 0.125. The van der Waals surface area contributed by atoms with Gasteiger partial charge in [-0.2, -0.15) is 0 Å². The Bertz CT molecular complexity index is 1060.